The van der Waals surface area contributed by atoms with Crippen molar-refractivity contribution in [2.45, 2.75) is 6.42 Å². The van der Waals surface area contributed by atoms with Gasteiger partial charge in [-0.15, -0.1) is 0 Å². The molecule has 0 saturated carbocycles. The van der Waals surface area contributed by atoms with Crippen LogP contribution >= 0.6 is 0 Å². The van der Waals surface area contributed by atoms with Crippen molar-refractivity contribution in [2.24, 2.45) is 0 Å². The molecule has 0 saturated heterocycles. The van der Waals surface area contributed by atoms with Gasteiger partial charge in [-0.05, 0) is 26.1 Å². The average Bonchev–Trinajstić information content (AvgIpc) is 2.50. The van der Waals surface area contributed by atoms with Gasteiger partial charge in [0.15, 0.2) is 0 Å². The predicted molar refractivity (Wildman–Crippen MR) is 46.2 cm³/mol. The number of aromatic amines is 1. The molecule has 3 heteroatoms. The molecule has 0 amide bonds. The zero-order valence-corrected chi connectivity index (χ0v) is 6.67. The lowest BCUT2D eigenvalue weighted by molar-refractivity contribution is 0.809. The first-order valence-electron chi connectivity index (χ1n) is 3.73. The fourth-order valence-electron chi connectivity index (χ4n) is 0.796. The van der Waals surface area contributed by atoms with Gasteiger partial charge in [-0.25, -0.2) is 4.98 Å². The van der Waals surface area contributed by atoms with E-state index in [1.165, 1.54) is 0 Å². The Labute approximate surface area is 66.5 Å². The molecule has 1 aromatic rings. The first-order valence-corrected chi connectivity index (χ1v) is 3.73. The molecule has 0 aromatic carbocycles. The van der Waals surface area contributed by atoms with E-state index in [1.54, 1.807) is 12.5 Å². The molecule has 0 bridgehead atoms. The monoisotopic (exact) mass is 151 g/mol. The SMILES string of the molecule is CNCCC=Cc1cnc[nH]1. The van der Waals surface area contributed by atoms with Crippen LogP contribution in [0.15, 0.2) is 18.6 Å². The maximum Gasteiger partial charge on any atom is 0.0924 e. The molecule has 0 unspecified atom stereocenters. The van der Waals surface area contributed by atoms with Gasteiger partial charge in [-0.1, -0.05) is 6.08 Å². The summed E-state index contributed by atoms with van der Waals surface area (Å²) >= 11 is 0. The Morgan fingerprint density at radius 2 is 2.64 bits per heavy atom. The quantitative estimate of drug-likeness (QED) is 0.631. The Balaban J connectivity index is 2.25. The van der Waals surface area contributed by atoms with Crippen molar-refractivity contribution < 1.29 is 0 Å². The van der Waals surface area contributed by atoms with Gasteiger partial charge in [0.1, 0.15) is 0 Å². The molecular formula is C8H13N3. The minimum absolute atomic E-state index is 1.02. The third kappa shape index (κ3) is 3.00. The minimum atomic E-state index is 1.02. The van der Waals surface area contributed by atoms with Crippen molar-refractivity contribution in [1.82, 2.24) is 15.3 Å². The van der Waals surface area contributed by atoms with Crippen molar-refractivity contribution in [3.05, 3.63) is 24.3 Å². The molecule has 1 rings (SSSR count). The molecule has 0 aliphatic heterocycles. The molecule has 3 nitrogen and oxygen atoms in total. The third-order valence-electron chi connectivity index (χ3n) is 1.38. The predicted octanol–water partition coefficient (Wildman–Crippen LogP) is 1.03. The zero-order valence-electron chi connectivity index (χ0n) is 6.67. The van der Waals surface area contributed by atoms with Gasteiger partial charge in [0, 0.05) is 0 Å². The van der Waals surface area contributed by atoms with E-state index in [-0.39, 0.29) is 0 Å². The van der Waals surface area contributed by atoms with Crippen LogP contribution in [0.2, 0.25) is 0 Å². The highest BCUT2D eigenvalue weighted by molar-refractivity contribution is 5.42. The van der Waals surface area contributed by atoms with Crippen LogP contribution in [0.3, 0.4) is 0 Å². The largest absolute Gasteiger partial charge is 0.345 e. The fourth-order valence-corrected chi connectivity index (χ4v) is 0.796. The summed E-state index contributed by atoms with van der Waals surface area (Å²) in [5.41, 5.74) is 1.06. The smallest absolute Gasteiger partial charge is 0.0924 e. The van der Waals surface area contributed by atoms with Crippen LogP contribution in [0.1, 0.15) is 12.1 Å². The van der Waals surface area contributed by atoms with Crippen molar-refractivity contribution in [2.75, 3.05) is 13.6 Å². The Morgan fingerprint density at radius 3 is 3.27 bits per heavy atom. The van der Waals surface area contributed by atoms with Gasteiger partial charge in [0.05, 0.1) is 18.2 Å². The lowest BCUT2D eigenvalue weighted by Crippen LogP contribution is -2.05. The lowest BCUT2D eigenvalue weighted by atomic mass is 10.3. The van der Waals surface area contributed by atoms with Crippen LogP contribution in [0, 0.1) is 0 Å². The standard InChI is InChI=1S/C8H13N3/c1-9-5-3-2-4-8-6-10-7-11-8/h2,4,6-7,9H,3,5H2,1H3,(H,10,11). The Bertz CT molecular complexity index is 201. The molecule has 0 spiro atoms. The lowest BCUT2D eigenvalue weighted by Gasteiger charge is -1.89. The van der Waals surface area contributed by atoms with Crippen molar-refractivity contribution in [3.63, 3.8) is 0 Å². The second-order valence-electron chi connectivity index (χ2n) is 2.30. The molecule has 0 atom stereocenters. The van der Waals surface area contributed by atoms with Crippen LogP contribution in [0.25, 0.3) is 6.08 Å². The van der Waals surface area contributed by atoms with Gasteiger partial charge in [-0.2, -0.15) is 0 Å². The summed E-state index contributed by atoms with van der Waals surface area (Å²) in [6.45, 7) is 1.02. The summed E-state index contributed by atoms with van der Waals surface area (Å²) in [6.07, 6.45) is 8.68. The van der Waals surface area contributed by atoms with E-state index in [0.717, 1.165) is 18.7 Å². The molecule has 0 aliphatic carbocycles. The second kappa shape index (κ2) is 4.68. The van der Waals surface area contributed by atoms with E-state index in [0.29, 0.717) is 0 Å². The van der Waals surface area contributed by atoms with E-state index in [1.807, 2.05) is 13.1 Å². The summed E-state index contributed by atoms with van der Waals surface area (Å²) in [7, 11) is 1.95. The number of nitrogens with zero attached hydrogens (tertiary/aromatic N) is 1. The Hall–Kier alpha value is -1.09. The molecule has 60 valence electrons. The van der Waals surface area contributed by atoms with Crippen molar-refractivity contribution in [3.8, 4) is 0 Å². The number of aromatic nitrogens is 2. The number of nitrogens with one attached hydrogen (secondary N) is 2. The Morgan fingerprint density at radius 1 is 1.73 bits per heavy atom. The van der Waals surface area contributed by atoms with Gasteiger partial charge in [0.25, 0.3) is 0 Å². The van der Waals surface area contributed by atoms with Crippen LogP contribution in [-0.2, 0) is 0 Å². The van der Waals surface area contributed by atoms with Gasteiger partial charge in [0.2, 0.25) is 0 Å². The zero-order chi connectivity index (χ0) is 7.94. The van der Waals surface area contributed by atoms with Gasteiger partial charge < -0.3 is 10.3 Å². The fraction of sp³-hybridized carbons (Fsp3) is 0.375. The van der Waals surface area contributed by atoms with Gasteiger partial charge >= 0.3 is 0 Å². The Kier molecular flexibility index (Phi) is 3.41. The number of H-pyrrole nitrogens is 1. The highest BCUT2D eigenvalue weighted by Gasteiger charge is 1.83. The molecule has 1 aromatic heterocycles. The number of imidazole rings is 1. The van der Waals surface area contributed by atoms with E-state index < -0.39 is 0 Å². The maximum absolute atomic E-state index is 3.90. The number of hydrogen-bond donors (Lipinski definition) is 2. The van der Waals surface area contributed by atoms with Crippen molar-refractivity contribution >= 4 is 6.08 Å². The molecule has 0 fully saturated rings. The average molecular weight is 151 g/mol. The molecule has 0 radical (unpaired) electrons. The number of rotatable bonds is 4. The molecule has 0 aliphatic rings. The first-order chi connectivity index (χ1) is 5.43. The van der Waals surface area contributed by atoms with E-state index in [9.17, 15) is 0 Å². The van der Waals surface area contributed by atoms with Crippen molar-refractivity contribution in [1.29, 1.82) is 0 Å². The normalized spacial score (nSPS) is 11.0. The minimum Gasteiger partial charge on any atom is -0.345 e. The van der Waals surface area contributed by atoms with E-state index in [2.05, 4.69) is 21.4 Å². The van der Waals surface area contributed by atoms with Gasteiger partial charge in [-0.3, -0.25) is 0 Å². The summed E-state index contributed by atoms with van der Waals surface area (Å²) in [5, 5.41) is 3.07. The molecule has 2 N–H and O–H groups in total. The second-order valence-corrected chi connectivity index (χ2v) is 2.30. The summed E-state index contributed by atoms with van der Waals surface area (Å²) < 4.78 is 0. The summed E-state index contributed by atoms with van der Waals surface area (Å²) in [5.74, 6) is 0. The topological polar surface area (TPSA) is 40.7 Å². The van der Waals surface area contributed by atoms with Crippen LogP contribution in [-0.4, -0.2) is 23.6 Å². The highest BCUT2D eigenvalue weighted by atomic mass is 14.8. The number of hydrogen-bond acceptors (Lipinski definition) is 2. The molecular weight excluding hydrogens is 138 g/mol. The third-order valence-corrected chi connectivity index (χ3v) is 1.38. The molecule has 1 heterocycles. The van der Waals surface area contributed by atoms with E-state index >= 15 is 0 Å². The first kappa shape index (κ1) is 8.01. The van der Waals surface area contributed by atoms with E-state index in [4.69, 9.17) is 0 Å². The highest BCUT2D eigenvalue weighted by Crippen LogP contribution is 1.94. The maximum atomic E-state index is 3.90. The van der Waals surface area contributed by atoms with Crippen LogP contribution in [0.5, 0.6) is 0 Å². The molecule has 11 heavy (non-hydrogen) atoms. The van der Waals surface area contributed by atoms with Crippen LogP contribution < -0.4 is 5.32 Å². The summed E-state index contributed by atoms with van der Waals surface area (Å²) in [4.78, 5) is 6.89. The van der Waals surface area contributed by atoms with Crippen LogP contribution in [0.4, 0.5) is 0 Å². The summed E-state index contributed by atoms with van der Waals surface area (Å²) in [6, 6.07) is 0.